The summed E-state index contributed by atoms with van der Waals surface area (Å²) >= 11 is 5.94. The number of methoxy groups -OCH3 is 1. The number of anilines is 2. The molecular formula is C19H22ClN3O5S. The van der Waals surface area contributed by atoms with Crippen molar-refractivity contribution in [1.29, 1.82) is 0 Å². The Kier molecular flexibility index (Phi) is 7.60. The number of nitrogens with zero attached hydrogens (tertiary/aromatic N) is 1. The highest BCUT2D eigenvalue weighted by molar-refractivity contribution is 7.90. The highest BCUT2D eigenvalue weighted by Gasteiger charge is 2.14. The van der Waals surface area contributed by atoms with Crippen LogP contribution in [0.5, 0.6) is 5.75 Å². The van der Waals surface area contributed by atoms with Crippen LogP contribution >= 0.6 is 11.6 Å². The predicted octanol–water partition coefficient (Wildman–Crippen LogP) is 2.26. The largest absolute Gasteiger partial charge is 0.495 e. The molecule has 0 spiro atoms. The summed E-state index contributed by atoms with van der Waals surface area (Å²) in [6.07, 6.45) is 1.09. The van der Waals surface area contributed by atoms with Gasteiger partial charge in [-0.2, -0.15) is 0 Å². The first-order valence-corrected chi connectivity index (χ1v) is 10.8. The van der Waals surface area contributed by atoms with Gasteiger partial charge in [-0.25, -0.2) is 8.42 Å². The summed E-state index contributed by atoms with van der Waals surface area (Å²) in [5.41, 5.74) is 0.792. The van der Waals surface area contributed by atoms with E-state index in [1.165, 1.54) is 24.1 Å². The van der Waals surface area contributed by atoms with Gasteiger partial charge in [0.25, 0.3) is 0 Å². The highest BCUT2D eigenvalue weighted by Crippen LogP contribution is 2.27. The molecule has 0 heterocycles. The number of carbonyl (C=O) groups excluding carboxylic acids is 2. The molecule has 0 radical (unpaired) electrons. The minimum absolute atomic E-state index is 0.0491. The third-order valence-corrected chi connectivity index (χ3v) is 5.15. The van der Waals surface area contributed by atoms with Crippen molar-refractivity contribution in [2.75, 3.05) is 44.1 Å². The third kappa shape index (κ3) is 7.04. The monoisotopic (exact) mass is 439 g/mol. The number of likely N-dealkylation sites (N-methyl/N-ethyl adjacent to an activating group) is 1. The second-order valence-electron chi connectivity index (χ2n) is 6.41. The first-order chi connectivity index (χ1) is 13.6. The smallest absolute Gasteiger partial charge is 0.238 e. The van der Waals surface area contributed by atoms with Crippen LogP contribution in [0.3, 0.4) is 0 Å². The van der Waals surface area contributed by atoms with Crippen molar-refractivity contribution in [3.05, 3.63) is 47.5 Å². The Labute approximate surface area is 174 Å². The van der Waals surface area contributed by atoms with Gasteiger partial charge in [0.05, 0.1) is 30.8 Å². The fourth-order valence-electron chi connectivity index (χ4n) is 2.52. The molecule has 0 atom stereocenters. The van der Waals surface area contributed by atoms with E-state index in [2.05, 4.69) is 10.6 Å². The van der Waals surface area contributed by atoms with Crippen LogP contribution in [-0.2, 0) is 19.4 Å². The Morgan fingerprint density at radius 2 is 1.72 bits per heavy atom. The quantitative estimate of drug-likeness (QED) is 0.653. The first-order valence-electron chi connectivity index (χ1n) is 8.50. The minimum Gasteiger partial charge on any atom is -0.495 e. The molecule has 0 fully saturated rings. The Bertz CT molecular complexity index is 1010. The molecule has 0 saturated heterocycles. The molecule has 2 aromatic rings. The van der Waals surface area contributed by atoms with Crippen molar-refractivity contribution in [3.63, 3.8) is 0 Å². The summed E-state index contributed by atoms with van der Waals surface area (Å²) in [5.74, 6) is -0.264. The zero-order chi connectivity index (χ0) is 21.6. The summed E-state index contributed by atoms with van der Waals surface area (Å²) in [6, 6.07) is 10.8. The number of amides is 2. The summed E-state index contributed by atoms with van der Waals surface area (Å²) in [6.45, 7) is -0.115. The lowest BCUT2D eigenvalue weighted by molar-refractivity contribution is -0.119. The number of carbonyl (C=O) groups is 2. The molecule has 2 N–H and O–H groups in total. The van der Waals surface area contributed by atoms with E-state index in [0.717, 1.165) is 6.26 Å². The number of hydrogen-bond donors (Lipinski definition) is 2. The SMILES string of the molecule is COc1ccc(Cl)cc1NC(=O)CN(C)CC(=O)Nc1cccc(S(C)(=O)=O)c1. The minimum atomic E-state index is -3.37. The van der Waals surface area contributed by atoms with Gasteiger partial charge in [0.2, 0.25) is 11.8 Å². The second kappa shape index (κ2) is 9.73. The van der Waals surface area contributed by atoms with Crippen LogP contribution in [0.25, 0.3) is 0 Å². The third-order valence-electron chi connectivity index (χ3n) is 3.81. The number of rotatable bonds is 8. The van der Waals surface area contributed by atoms with E-state index in [-0.39, 0.29) is 29.8 Å². The van der Waals surface area contributed by atoms with E-state index in [9.17, 15) is 18.0 Å². The topological polar surface area (TPSA) is 105 Å². The molecule has 2 amide bonds. The first kappa shape index (κ1) is 22.7. The van der Waals surface area contributed by atoms with Crippen LogP contribution in [-0.4, -0.2) is 58.6 Å². The summed E-state index contributed by atoms with van der Waals surface area (Å²) in [4.78, 5) is 26.1. The van der Waals surface area contributed by atoms with Crippen molar-refractivity contribution in [2.45, 2.75) is 4.90 Å². The molecular weight excluding hydrogens is 418 g/mol. The van der Waals surface area contributed by atoms with Crippen molar-refractivity contribution in [3.8, 4) is 5.75 Å². The molecule has 0 unspecified atom stereocenters. The van der Waals surface area contributed by atoms with Crippen molar-refractivity contribution in [2.24, 2.45) is 0 Å². The molecule has 2 aromatic carbocycles. The van der Waals surface area contributed by atoms with Gasteiger partial charge in [0.1, 0.15) is 5.75 Å². The van der Waals surface area contributed by atoms with Gasteiger partial charge in [0, 0.05) is 17.0 Å². The van der Waals surface area contributed by atoms with E-state index < -0.39 is 9.84 Å². The van der Waals surface area contributed by atoms with Gasteiger partial charge in [-0.1, -0.05) is 17.7 Å². The zero-order valence-corrected chi connectivity index (χ0v) is 17.8. The number of nitrogens with one attached hydrogen (secondary N) is 2. The molecule has 156 valence electrons. The summed E-state index contributed by atoms with van der Waals surface area (Å²) in [5, 5.41) is 5.76. The van der Waals surface area contributed by atoms with Gasteiger partial charge in [0.15, 0.2) is 9.84 Å². The summed E-state index contributed by atoms with van der Waals surface area (Å²) in [7, 11) is -0.280. The predicted molar refractivity (Wildman–Crippen MR) is 112 cm³/mol. The Balaban J connectivity index is 1.92. The van der Waals surface area contributed by atoms with E-state index >= 15 is 0 Å². The van der Waals surface area contributed by atoms with Gasteiger partial charge in [-0.05, 0) is 43.4 Å². The Hall–Kier alpha value is -2.62. The van der Waals surface area contributed by atoms with E-state index in [4.69, 9.17) is 16.3 Å². The molecule has 0 aliphatic carbocycles. The number of halogens is 1. The standard InChI is InChI=1S/C19H22ClN3O5S/c1-23(12-19(25)22-16-9-13(20)7-8-17(16)28-2)11-18(24)21-14-5-4-6-15(10-14)29(3,26)27/h4-10H,11-12H2,1-3H3,(H,21,24)(H,22,25). The normalized spacial score (nSPS) is 11.2. The van der Waals surface area contributed by atoms with Crippen LogP contribution in [0.2, 0.25) is 5.02 Å². The fourth-order valence-corrected chi connectivity index (χ4v) is 3.36. The van der Waals surface area contributed by atoms with Crippen LogP contribution in [0, 0.1) is 0 Å². The average Bonchev–Trinajstić information content (AvgIpc) is 2.61. The van der Waals surface area contributed by atoms with Crippen LogP contribution in [0.15, 0.2) is 47.4 Å². The van der Waals surface area contributed by atoms with Gasteiger partial charge >= 0.3 is 0 Å². The van der Waals surface area contributed by atoms with E-state index in [1.54, 1.807) is 37.4 Å². The van der Waals surface area contributed by atoms with E-state index in [0.29, 0.717) is 22.1 Å². The Morgan fingerprint density at radius 1 is 1.07 bits per heavy atom. The van der Waals surface area contributed by atoms with Crippen molar-refractivity contribution in [1.82, 2.24) is 4.90 Å². The van der Waals surface area contributed by atoms with Gasteiger partial charge in [-0.3, -0.25) is 14.5 Å². The molecule has 0 saturated carbocycles. The zero-order valence-electron chi connectivity index (χ0n) is 16.2. The van der Waals surface area contributed by atoms with Crippen LogP contribution < -0.4 is 15.4 Å². The van der Waals surface area contributed by atoms with E-state index in [1.807, 2.05) is 0 Å². The molecule has 0 aliphatic rings. The molecule has 0 bridgehead atoms. The molecule has 29 heavy (non-hydrogen) atoms. The lowest BCUT2D eigenvalue weighted by Gasteiger charge is -2.17. The summed E-state index contributed by atoms with van der Waals surface area (Å²) < 4.78 is 28.4. The lowest BCUT2D eigenvalue weighted by Crippen LogP contribution is -2.36. The number of benzene rings is 2. The van der Waals surface area contributed by atoms with Gasteiger partial charge < -0.3 is 15.4 Å². The van der Waals surface area contributed by atoms with Gasteiger partial charge in [-0.15, -0.1) is 0 Å². The highest BCUT2D eigenvalue weighted by atomic mass is 35.5. The Morgan fingerprint density at radius 3 is 2.34 bits per heavy atom. The maximum Gasteiger partial charge on any atom is 0.238 e. The van der Waals surface area contributed by atoms with Crippen molar-refractivity contribution < 1.29 is 22.7 Å². The molecule has 10 heteroatoms. The molecule has 2 rings (SSSR count). The lowest BCUT2D eigenvalue weighted by atomic mass is 10.3. The number of ether oxygens (including phenoxy) is 1. The molecule has 8 nitrogen and oxygen atoms in total. The number of sulfone groups is 1. The molecule has 0 aromatic heterocycles. The van der Waals surface area contributed by atoms with Crippen molar-refractivity contribution >= 4 is 44.6 Å². The molecule has 0 aliphatic heterocycles. The maximum absolute atomic E-state index is 12.2. The second-order valence-corrected chi connectivity index (χ2v) is 8.87. The number of hydrogen-bond acceptors (Lipinski definition) is 6. The van der Waals surface area contributed by atoms with Crippen LogP contribution in [0.4, 0.5) is 11.4 Å². The average molecular weight is 440 g/mol. The van der Waals surface area contributed by atoms with Crippen LogP contribution in [0.1, 0.15) is 0 Å². The fraction of sp³-hybridized carbons (Fsp3) is 0.263. The maximum atomic E-state index is 12.2.